The fourth-order valence-corrected chi connectivity index (χ4v) is 3.27. The molecule has 5 nitrogen and oxygen atoms in total. The maximum absolute atomic E-state index is 6.11. The number of nitrogens with zero attached hydrogens (tertiary/aromatic N) is 3. The van der Waals surface area contributed by atoms with Gasteiger partial charge in [0.05, 0.1) is 17.9 Å². The molecule has 25 heavy (non-hydrogen) atoms. The number of halogens is 1. The normalized spacial score (nSPS) is 16.1. The highest BCUT2D eigenvalue weighted by atomic mass is 127. The van der Waals surface area contributed by atoms with E-state index in [9.17, 15) is 0 Å². The van der Waals surface area contributed by atoms with Gasteiger partial charge in [-0.2, -0.15) is 5.10 Å². The van der Waals surface area contributed by atoms with Crippen LogP contribution in [0.5, 0.6) is 0 Å². The van der Waals surface area contributed by atoms with Crippen molar-refractivity contribution >= 4 is 29.9 Å². The Balaban J connectivity index is 0.00000225. The standard InChI is InChI=1S/C19H27N5.HI/c1-15-12-13-24(23-15)18-11-7-6-8-16(18)14-21-19(20)22-17-9-4-2-3-5-10-17;/h6-8,11-13,17H,2-5,9-10,14H2,1H3,(H3,20,21,22);1H. The van der Waals surface area contributed by atoms with Crippen molar-refractivity contribution in [2.24, 2.45) is 10.7 Å². The third-order valence-corrected chi connectivity index (χ3v) is 4.59. The van der Waals surface area contributed by atoms with E-state index in [0.717, 1.165) is 16.9 Å². The Morgan fingerprint density at radius 2 is 1.92 bits per heavy atom. The van der Waals surface area contributed by atoms with Crippen LogP contribution in [0.4, 0.5) is 0 Å². The molecule has 1 aromatic heterocycles. The molecule has 1 fully saturated rings. The molecule has 1 heterocycles. The van der Waals surface area contributed by atoms with Gasteiger partial charge in [0.1, 0.15) is 0 Å². The van der Waals surface area contributed by atoms with Crippen molar-refractivity contribution in [2.75, 3.05) is 0 Å². The number of para-hydroxylation sites is 1. The Hall–Kier alpha value is -1.57. The van der Waals surface area contributed by atoms with Gasteiger partial charge in [-0.15, -0.1) is 24.0 Å². The molecule has 0 atom stereocenters. The molecule has 1 saturated carbocycles. The molecule has 0 amide bonds. The number of nitrogens with one attached hydrogen (secondary N) is 1. The summed E-state index contributed by atoms with van der Waals surface area (Å²) in [4.78, 5) is 4.55. The van der Waals surface area contributed by atoms with Gasteiger partial charge in [-0.25, -0.2) is 9.67 Å². The SMILES string of the molecule is Cc1ccn(-c2ccccc2CN=C(N)NC2CCCCCC2)n1.I. The molecule has 0 bridgehead atoms. The Labute approximate surface area is 167 Å². The summed E-state index contributed by atoms with van der Waals surface area (Å²) in [6.45, 7) is 2.55. The largest absolute Gasteiger partial charge is 0.370 e. The molecule has 0 spiro atoms. The number of hydrogen-bond donors (Lipinski definition) is 2. The van der Waals surface area contributed by atoms with Crippen LogP contribution in [0.1, 0.15) is 49.8 Å². The quantitative estimate of drug-likeness (QED) is 0.319. The van der Waals surface area contributed by atoms with E-state index < -0.39 is 0 Å². The van der Waals surface area contributed by atoms with E-state index in [4.69, 9.17) is 5.73 Å². The number of nitrogens with two attached hydrogens (primary N) is 1. The maximum Gasteiger partial charge on any atom is 0.189 e. The van der Waals surface area contributed by atoms with E-state index in [1.165, 1.54) is 38.5 Å². The number of benzene rings is 1. The van der Waals surface area contributed by atoms with Crippen LogP contribution in [0.25, 0.3) is 5.69 Å². The first-order valence-electron chi connectivity index (χ1n) is 8.89. The summed E-state index contributed by atoms with van der Waals surface area (Å²) in [7, 11) is 0. The van der Waals surface area contributed by atoms with Crippen molar-refractivity contribution in [3.8, 4) is 5.69 Å². The lowest BCUT2D eigenvalue weighted by molar-refractivity contribution is 0.530. The number of hydrogen-bond acceptors (Lipinski definition) is 2. The van der Waals surface area contributed by atoms with Crippen LogP contribution < -0.4 is 11.1 Å². The minimum Gasteiger partial charge on any atom is -0.370 e. The van der Waals surface area contributed by atoms with Gasteiger partial charge < -0.3 is 11.1 Å². The smallest absolute Gasteiger partial charge is 0.189 e. The molecule has 6 heteroatoms. The first kappa shape index (κ1) is 19.8. The second-order valence-electron chi connectivity index (χ2n) is 6.56. The Bertz CT molecular complexity index is 687. The van der Waals surface area contributed by atoms with Crippen LogP contribution in [0.2, 0.25) is 0 Å². The minimum absolute atomic E-state index is 0. The third-order valence-electron chi connectivity index (χ3n) is 4.59. The molecular formula is C19H28IN5. The molecule has 0 unspecified atom stereocenters. The number of aliphatic imine (C=N–C) groups is 1. The number of aromatic nitrogens is 2. The highest BCUT2D eigenvalue weighted by Gasteiger charge is 2.12. The van der Waals surface area contributed by atoms with Gasteiger partial charge in [0.15, 0.2) is 5.96 Å². The van der Waals surface area contributed by atoms with Crippen LogP contribution in [0, 0.1) is 6.92 Å². The highest BCUT2D eigenvalue weighted by Crippen LogP contribution is 2.17. The van der Waals surface area contributed by atoms with Gasteiger partial charge in [0.2, 0.25) is 0 Å². The van der Waals surface area contributed by atoms with Crippen molar-refractivity contribution < 1.29 is 0 Å². The summed E-state index contributed by atoms with van der Waals surface area (Å²) in [5.41, 5.74) is 9.28. The Morgan fingerprint density at radius 3 is 2.60 bits per heavy atom. The lowest BCUT2D eigenvalue weighted by Gasteiger charge is -2.17. The van der Waals surface area contributed by atoms with Crippen molar-refractivity contribution in [1.29, 1.82) is 0 Å². The number of aryl methyl sites for hydroxylation is 1. The summed E-state index contributed by atoms with van der Waals surface area (Å²) < 4.78 is 1.90. The first-order valence-corrected chi connectivity index (χ1v) is 8.89. The van der Waals surface area contributed by atoms with Gasteiger partial charge >= 0.3 is 0 Å². The monoisotopic (exact) mass is 453 g/mol. The lowest BCUT2D eigenvalue weighted by atomic mass is 10.1. The number of rotatable bonds is 4. The van der Waals surface area contributed by atoms with Gasteiger partial charge in [-0.3, -0.25) is 0 Å². The van der Waals surface area contributed by atoms with Crippen LogP contribution in [0.15, 0.2) is 41.5 Å². The van der Waals surface area contributed by atoms with Gasteiger partial charge in [-0.05, 0) is 37.5 Å². The molecule has 0 aliphatic heterocycles. The zero-order valence-electron chi connectivity index (χ0n) is 14.8. The molecule has 0 radical (unpaired) electrons. The molecule has 1 aliphatic rings. The van der Waals surface area contributed by atoms with Gasteiger partial charge in [0.25, 0.3) is 0 Å². The van der Waals surface area contributed by atoms with E-state index in [-0.39, 0.29) is 24.0 Å². The fraction of sp³-hybridized carbons (Fsp3) is 0.474. The summed E-state index contributed by atoms with van der Waals surface area (Å²) in [5, 5.41) is 7.89. The maximum atomic E-state index is 6.11. The third kappa shape index (κ3) is 5.73. The molecule has 3 N–H and O–H groups in total. The predicted octanol–water partition coefficient (Wildman–Crippen LogP) is 3.93. The zero-order chi connectivity index (χ0) is 16.8. The van der Waals surface area contributed by atoms with E-state index in [0.29, 0.717) is 18.5 Å². The Morgan fingerprint density at radius 1 is 1.20 bits per heavy atom. The van der Waals surface area contributed by atoms with Crippen molar-refractivity contribution in [3.05, 3.63) is 47.8 Å². The summed E-state index contributed by atoms with van der Waals surface area (Å²) >= 11 is 0. The van der Waals surface area contributed by atoms with E-state index in [1.807, 2.05) is 36.0 Å². The molecule has 136 valence electrons. The lowest BCUT2D eigenvalue weighted by Crippen LogP contribution is -2.39. The molecule has 2 aromatic rings. The van der Waals surface area contributed by atoms with E-state index in [1.54, 1.807) is 0 Å². The van der Waals surface area contributed by atoms with Crippen LogP contribution >= 0.6 is 24.0 Å². The van der Waals surface area contributed by atoms with Crippen LogP contribution in [-0.4, -0.2) is 21.8 Å². The predicted molar refractivity (Wildman–Crippen MR) is 114 cm³/mol. The van der Waals surface area contributed by atoms with Crippen LogP contribution in [-0.2, 0) is 6.54 Å². The summed E-state index contributed by atoms with van der Waals surface area (Å²) in [6, 6.07) is 10.7. The molecule has 1 aromatic carbocycles. The van der Waals surface area contributed by atoms with E-state index in [2.05, 4.69) is 27.5 Å². The van der Waals surface area contributed by atoms with Crippen molar-refractivity contribution in [3.63, 3.8) is 0 Å². The summed E-state index contributed by atoms with van der Waals surface area (Å²) in [5.74, 6) is 0.549. The first-order chi connectivity index (χ1) is 11.7. The molecular weight excluding hydrogens is 425 g/mol. The zero-order valence-corrected chi connectivity index (χ0v) is 17.1. The number of guanidine groups is 1. The van der Waals surface area contributed by atoms with Gasteiger partial charge in [0, 0.05) is 12.2 Å². The average Bonchev–Trinajstić information content (AvgIpc) is 2.86. The Kier molecular flexibility index (Phi) is 7.74. The fourth-order valence-electron chi connectivity index (χ4n) is 3.27. The van der Waals surface area contributed by atoms with Gasteiger partial charge in [-0.1, -0.05) is 43.9 Å². The van der Waals surface area contributed by atoms with Crippen molar-refractivity contribution in [1.82, 2.24) is 15.1 Å². The second kappa shape index (κ2) is 9.79. The molecule has 3 rings (SSSR count). The second-order valence-corrected chi connectivity index (χ2v) is 6.56. The summed E-state index contributed by atoms with van der Waals surface area (Å²) in [6.07, 6.45) is 9.61. The van der Waals surface area contributed by atoms with Crippen LogP contribution in [0.3, 0.4) is 0 Å². The minimum atomic E-state index is 0. The highest BCUT2D eigenvalue weighted by molar-refractivity contribution is 14.0. The van der Waals surface area contributed by atoms with Crippen molar-refractivity contribution in [2.45, 2.75) is 58.0 Å². The topological polar surface area (TPSA) is 68.2 Å². The molecule has 0 saturated heterocycles. The van der Waals surface area contributed by atoms with E-state index >= 15 is 0 Å². The molecule has 1 aliphatic carbocycles. The average molecular weight is 453 g/mol.